The van der Waals surface area contributed by atoms with Crippen molar-refractivity contribution in [3.8, 4) is 0 Å². The average molecular weight is 405 g/mol. The van der Waals surface area contributed by atoms with E-state index in [1.807, 2.05) is 37.3 Å². The lowest BCUT2D eigenvalue weighted by atomic mass is 10.1. The van der Waals surface area contributed by atoms with Gasteiger partial charge in [-0.15, -0.1) is 0 Å². The molecule has 3 aromatic rings. The lowest BCUT2D eigenvalue weighted by Gasteiger charge is -2.11. The number of halogens is 3. The van der Waals surface area contributed by atoms with E-state index in [9.17, 15) is 18.0 Å². The summed E-state index contributed by atoms with van der Waals surface area (Å²) in [6.07, 6.45) is -2.26. The molecule has 0 bridgehead atoms. The molecule has 0 aliphatic heterocycles. The number of alkyl halides is 3. The molecule has 6 nitrogen and oxygen atoms in total. The SMILES string of the molecule is Cc1cc(NC(=O)Nc2c[n+](C(C)Cc3ccccc3)no2)cc(C(F)(F)F)c1. The summed E-state index contributed by atoms with van der Waals surface area (Å²) in [7, 11) is 0. The van der Waals surface area contributed by atoms with Gasteiger partial charge in [0.25, 0.3) is 6.20 Å². The van der Waals surface area contributed by atoms with Crippen molar-refractivity contribution in [1.29, 1.82) is 0 Å². The van der Waals surface area contributed by atoms with E-state index >= 15 is 0 Å². The Morgan fingerprint density at radius 2 is 1.90 bits per heavy atom. The normalized spacial score (nSPS) is 12.4. The molecule has 2 N–H and O–H groups in total. The van der Waals surface area contributed by atoms with Crippen LogP contribution in [0.2, 0.25) is 0 Å². The fraction of sp³-hybridized carbons (Fsp3) is 0.250. The Morgan fingerprint density at radius 3 is 2.59 bits per heavy atom. The van der Waals surface area contributed by atoms with Crippen LogP contribution in [0.25, 0.3) is 0 Å². The van der Waals surface area contributed by atoms with Crippen molar-refractivity contribution in [3.05, 3.63) is 71.4 Å². The van der Waals surface area contributed by atoms with E-state index in [0.717, 1.165) is 17.7 Å². The van der Waals surface area contributed by atoms with Crippen LogP contribution >= 0.6 is 0 Å². The fourth-order valence-corrected chi connectivity index (χ4v) is 2.86. The summed E-state index contributed by atoms with van der Waals surface area (Å²) in [4.78, 5) is 12.1. The Labute approximate surface area is 165 Å². The molecule has 0 saturated carbocycles. The Morgan fingerprint density at radius 1 is 1.17 bits per heavy atom. The van der Waals surface area contributed by atoms with Crippen LogP contribution in [0.3, 0.4) is 0 Å². The molecule has 0 spiro atoms. The second kappa shape index (κ2) is 8.34. The number of hydrogen-bond donors (Lipinski definition) is 2. The van der Waals surface area contributed by atoms with Gasteiger partial charge in [0.15, 0.2) is 6.04 Å². The third kappa shape index (κ3) is 5.56. The molecule has 3 rings (SSSR count). The van der Waals surface area contributed by atoms with Crippen molar-refractivity contribution in [2.75, 3.05) is 10.6 Å². The molecule has 0 aliphatic carbocycles. The minimum atomic E-state index is -4.50. The number of benzene rings is 2. The van der Waals surface area contributed by atoms with Crippen LogP contribution < -0.4 is 15.3 Å². The highest BCUT2D eigenvalue weighted by Crippen LogP contribution is 2.31. The topological polar surface area (TPSA) is 71.0 Å². The highest BCUT2D eigenvalue weighted by molar-refractivity contribution is 5.98. The van der Waals surface area contributed by atoms with Gasteiger partial charge in [0, 0.05) is 19.0 Å². The summed E-state index contributed by atoms with van der Waals surface area (Å²) >= 11 is 0. The van der Waals surface area contributed by atoms with Crippen molar-refractivity contribution < 1.29 is 27.2 Å². The van der Waals surface area contributed by atoms with Crippen LogP contribution in [0.4, 0.5) is 29.5 Å². The second-order valence-corrected chi connectivity index (χ2v) is 6.75. The standard InChI is InChI=1S/C20H19F3N4O2/c1-13-8-16(20(21,22)23)11-17(9-13)24-19(28)25-18-12-27(26-29-18)14(2)10-15-6-4-3-5-7-15/h3-9,11-12,14H,10H2,1-2H3,(H-,24,25,26,28)/p+1. The largest absolute Gasteiger partial charge is 0.416 e. The first-order valence-electron chi connectivity index (χ1n) is 8.89. The van der Waals surface area contributed by atoms with Gasteiger partial charge in [-0.3, -0.25) is 9.84 Å². The number of aryl methyl sites for hydroxylation is 1. The van der Waals surface area contributed by atoms with Crippen LogP contribution in [0.15, 0.2) is 59.3 Å². The third-order valence-electron chi connectivity index (χ3n) is 4.21. The summed E-state index contributed by atoms with van der Waals surface area (Å²) in [6, 6.07) is 12.4. The molecular formula is C20H20F3N4O2+. The maximum Gasteiger partial charge on any atom is 0.416 e. The minimum absolute atomic E-state index is 0.0223. The van der Waals surface area contributed by atoms with Crippen molar-refractivity contribution in [3.63, 3.8) is 0 Å². The van der Waals surface area contributed by atoms with Crippen molar-refractivity contribution in [1.82, 2.24) is 5.27 Å². The molecule has 0 fully saturated rings. The molecule has 0 aliphatic rings. The fourth-order valence-electron chi connectivity index (χ4n) is 2.86. The zero-order valence-electron chi connectivity index (χ0n) is 15.8. The number of aromatic nitrogens is 2. The molecule has 29 heavy (non-hydrogen) atoms. The van der Waals surface area contributed by atoms with E-state index in [-0.39, 0.29) is 17.6 Å². The Hall–Kier alpha value is -3.36. The average Bonchev–Trinajstić information content (AvgIpc) is 3.09. The highest BCUT2D eigenvalue weighted by atomic mass is 19.4. The molecule has 2 aromatic carbocycles. The first-order chi connectivity index (χ1) is 13.7. The number of rotatable bonds is 5. The smallest absolute Gasteiger partial charge is 0.308 e. The Bertz CT molecular complexity index is 987. The summed E-state index contributed by atoms with van der Waals surface area (Å²) in [5, 5.41) is 8.68. The lowest BCUT2D eigenvalue weighted by Crippen LogP contribution is -2.40. The summed E-state index contributed by atoms with van der Waals surface area (Å²) < 4.78 is 45.4. The molecule has 1 atom stereocenters. The molecule has 9 heteroatoms. The number of amides is 2. The predicted molar refractivity (Wildman–Crippen MR) is 100 cm³/mol. The molecule has 1 heterocycles. The molecule has 152 valence electrons. The van der Waals surface area contributed by atoms with Crippen LogP contribution in [0.1, 0.15) is 29.7 Å². The maximum absolute atomic E-state index is 12.9. The molecule has 0 radical (unpaired) electrons. The number of hydrogen-bond acceptors (Lipinski definition) is 3. The van der Waals surface area contributed by atoms with Gasteiger partial charge in [0.05, 0.1) is 5.56 Å². The van der Waals surface area contributed by atoms with E-state index in [4.69, 9.17) is 4.52 Å². The van der Waals surface area contributed by atoms with Gasteiger partial charge in [0.1, 0.15) is 0 Å². The third-order valence-corrected chi connectivity index (χ3v) is 4.21. The summed E-state index contributed by atoms with van der Waals surface area (Å²) in [6.45, 7) is 3.47. The van der Waals surface area contributed by atoms with E-state index in [1.54, 1.807) is 4.68 Å². The van der Waals surface area contributed by atoms with Gasteiger partial charge >= 0.3 is 18.1 Å². The van der Waals surface area contributed by atoms with Gasteiger partial charge in [-0.05, 0) is 40.9 Å². The van der Waals surface area contributed by atoms with E-state index in [1.165, 1.54) is 19.2 Å². The van der Waals surface area contributed by atoms with Gasteiger partial charge in [-0.2, -0.15) is 13.2 Å². The summed E-state index contributed by atoms with van der Waals surface area (Å²) in [5.74, 6) is 0.0751. The van der Waals surface area contributed by atoms with Crippen LogP contribution in [-0.4, -0.2) is 11.3 Å². The second-order valence-electron chi connectivity index (χ2n) is 6.75. The number of carbonyl (C=O) groups is 1. The van der Waals surface area contributed by atoms with Gasteiger partial charge in [-0.25, -0.2) is 4.79 Å². The number of anilines is 2. The van der Waals surface area contributed by atoms with E-state index in [2.05, 4.69) is 15.9 Å². The van der Waals surface area contributed by atoms with Crippen LogP contribution in [0.5, 0.6) is 0 Å². The molecule has 1 aromatic heterocycles. The quantitative estimate of drug-likeness (QED) is 0.603. The first kappa shape index (κ1) is 20.4. The first-order valence-corrected chi connectivity index (χ1v) is 8.89. The van der Waals surface area contributed by atoms with Crippen LogP contribution in [-0.2, 0) is 12.6 Å². The monoisotopic (exact) mass is 405 g/mol. The van der Waals surface area contributed by atoms with E-state index < -0.39 is 17.8 Å². The Kier molecular flexibility index (Phi) is 5.86. The number of nitrogens with one attached hydrogen (secondary N) is 2. The molecule has 1 unspecified atom stereocenters. The van der Waals surface area contributed by atoms with Crippen molar-refractivity contribution in [2.24, 2.45) is 0 Å². The number of nitrogens with zero attached hydrogens (tertiary/aromatic N) is 2. The van der Waals surface area contributed by atoms with E-state index in [0.29, 0.717) is 12.0 Å². The lowest BCUT2D eigenvalue weighted by molar-refractivity contribution is -0.782. The molecule has 2 amide bonds. The highest BCUT2D eigenvalue weighted by Gasteiger charge is 2.31. The zero-order valence-corrected chi connectivity index (χ0v) is 15.8. The minimum Gasteiger partial charge on any atom is -0.308 e. The van der Waals surface area contributed by atoms with Crippen molar-refractivity contribution in [2.45, 2.75) is 32.5 Å². The summed E-state index contributed by atoms with van der Waals surface area (Å²) in [5.41, 5.74) is 0.699. The maximum atomic E-state index is 12.9. The number of carbonyl (C=O) groups excluding carboxylic acids is 1. The van der Waals surface area contributed by atoms with Gasteiger partial charge < -0.3 is 5.32 Å². The van der Waals surface area contributed by atoms with Crippen LogP contribution in [0, 0.1) is 6.92 Å². The van der Waals surface area contributed by atoms with Gasteiger partial charge in [0.2, 0.25) is 5.27 Å². The zero-order chi connectivity index (χ0) is 21.0. The Balaban J connectivity index is 1.63. The molecular weight excluding hydrogens is 385 g/mol. The molecule has 0 saturated heterocycles. The number of urea groups is 1. The predicted octanol–water partition coefficient (Wildman–Crippen LogP) is 4.74. The van der Waals surface area contributed by atoms with Gasteiger partial charge in [-0.1, -0.05) is 30.3 Å². The van der Waals surface area contributed by atoms with Crippen molar-refractivity contribution >= 4 is 17.6 Å².